The van der Waals surface area contributed by atoms with Gasteiger partial charge in [0, 0.05) is 39.6 Å². The lowest BCUT2D eigenvalue weighted by atomic mass is 10.00. The van der Waals surface area contributed by atoms with E-state index in [0.29, 0.717) is 28.6 Å². The first-order valence-electron chi connectivity index (χ1n) is 18.2. The number of hydrogen-bond donors (Lipinski definition) is 0. The Kier molecular flexibility index (Phi) is 8.04. The van der Waals surface area contributed by atoms with Crippen LogP contribution in [0.15, 0.2) is 193 Å². The first kappa shape index (κ1) is 32.1. The molecule has 4 heterocycles. The summed E-state index contributed by atoms with van der Waals surface area (Å²) in [6.07, 6.45) is 1.84. The zero-order chi connectivity index (χ0) is 36.6. The van der Waals surface area contributed by atoms with Gasteiger partial charge in [0.2, 0.25) is 5.71 Å². The Hall–Kier alpha value is -7.57. The van der Waals surface area contributed by atoms with Gasteiger partial charge in [0.15, 0.2) is 17.2 Å². The summed E-state index contributed by atoms with van der Waals surface area (Å²) in [7, 11) is 0. The van der Waals surface area contributed by atoms with Crippen molar-refractivity contribution in [3.8, 4) is 78.8 Å². The van der Waals surface area contributed by atoms with E-state index in [4.69, 9.17) is 29.3 Å². The number of rotatable bonds is 7. The van der Waals surface area contributed by atoms with Gasteiger partial charge in [0.05, 0.1) is 16.8 Å². The summed E-state index contributed by atoms with van der Waals surface area (Å²) in [5.41, 5.74) is 13.3. The van der Waals surface area contributed by atoms with Crippen molar-refractivity contribution in [1.29, 1.82) is 0 Å². The van der Waals surface area contributed by atoms with Crippen LogP contribution in [0.25, 0.3) is 101 Å². The summed E-state index contributed by atoms with van der Waals surface area (Å²) in [6.45, 7) is 0. The standard InChI is InChI=1S/C49H31N5O/c1-5-14-32(15-6-1)38-22-13-23-39(28-38)43-30-42(51-47(52-43)36-18-9-3-10-19-36)34-24-26-35(27-25-34)44-46-45(54-48(53-44)37-20-11-4-12-21-37)41-29-40(31-50-49(41)55-46)33-16-7-2-8-17-33/h1-31H. The first-order valence-corrected chi connectivity index (χ1v) is 18.2. The molecule has 0 atom stereocenters. The van der Waals surface area contributed by atoms with E-state index in [9.17, 15) is 0 Å². The molecule has 0 fully saturated rings. The SMILES string of the molecule is c1ccc(-c2cccc(-c3cc(-c4ccc(-c5nc(-c6ccccc6)nc6c5oc5ncc(-c7ccccc7)cc56)cc4)nc(-c4ccccc4)n3)c2)cc1. The second-order valence-electron chi connectivity index (χ2n) is 13.3. The molecule has 6 nitrogen and oxygen atoms in total. The van der Waals surface area contributed by atoms with Gasteiger partial charge in [-0.15, -0.1) is 0 Å². The van der Waals surface area contributed by atoms with Gasteiger partial charge in [0.1, 0.15) is 11.2 Å². The summed E-state index contributed by atoms with van der Waals surface area (Å²) in [6, 6.07) is 61.8. The molecule has 0 aliphatic carbocycles. The van der Waals surface area contributed by atoms with E-state index < -0.39 is 0 Å². The first-order chi connectivity index (χ1) is 27.2. The van der Waals surface area contributed by atoms with Crippen LogP contribution in [-0.4, -0.2) is 24.9 Å². The van der Waals surface area contributed by atoms with Gasteiger partial charge >= 0.3 is 0 Å². The van der Waals surface area contributed by atoms with E-state index in [0.717, 1.165) is 72.4 Å². The van der Waals surface area contributed by atoms with Crippen LogP contribution < -0.4 is 0 Å². The number of furan rings is 1. The summed E-state index contributed by atoms with van der Waals surface area (Å²) >= 11 is 0. The Morgan fingerprint density at radius 1 is 0.345 bits per heavy atom. The lowest BCUT2D eigenvalue weighted by Gasteiger charge is -2.11. The van der Waals surface area contributed by atoms with Gasteiger partial charge in [-0.3, -0.25) is 0 Å². The Bertz CT molecular complexity index is 2950. The summed E-state index contributed by atoms with van der Waals surface area (Å²) in [5, 5.41) is 0.840. The molecule has 0 saturated heterocycles. The van der Waals surface area contributed by atoms with Crippen LogP contribution in [0.1, 0.15) is 0 Å². The van der Waals surface area contributed by atoms with E-state index in [-0.39, 0.29) is 0 Å². The molecule has 6 aromatic carbocycles. The Morgan fingerprint density at radius 3 is 1.49 bits per heavy atom. The Labute approximate surface area is 317 Å². The summed E-state index contributed by atoms with van der Waals surface area (Å²) < 4.78 is 6.45. The number of aromatic nitrogens is 5. The van der Waals surface area contributed by atoms with Crippen LogP contribution in [0.3, 0.4) is 0 Å². The topological polar surface area (TPSA) is 77.6 Å². The van der Waals surface area contributed by atoms with Crippen molar-refractivity contribution in [1.82, 2.24) is 24.9 Å². The van der Waals surface area contributed by atoms with Gasteiger partial charge in [-0.05, 0) is 34.9 Å². The van der Waals surface area contributed by atoms with Crippen LogP contribution in [0, 0.1) is 0 Å². The normalized spacial score (nSPS) is 11.3. The highest BCUT2D eigenvalue weighted by molar-refractivity contribution is 6.07. The highest BCUT2D eigenvalue weighted by Gasteiger charge is 2.20. The second kappa shape index (κ2) is 13.8. The average Bonchev–Trinajstić information content (AvgIpc) is 3.65. The van der Waals surface area contributed by atoms with Crippen molar-refractivity contribution in [3.05, 3.63) is 188 Å². The molecule has 258 valence electrons. The minimum atomic E-state index is 0.519. The molecule has 0 saturated carbocycles. The fraction of sp³-hybridized carbons (Fsp3) is 0. The smallest absolute Gasteiger partial charge is 0.229 e. The van der Waals surface area contributed by atoms with E-state index in [1.807, 2.05) is 91.1 Å². The van der Waals surface area contributed by atoms with Crippen LogP contribution in [0.5, 0.6) is 0 Å². The molecule has 55 heavy (non-hydrogen) atoms. The van der Waals surface area contributed by atoms with E-state index >= 15 is 0 Å². The molecule has 4 aromatic heterocycles. The molecule has 0 amide bonds. The van der Waals surface area contributed by atoms with Crippen molar-refractivity contribution >= 4 is 22.2 Å². The third-order valence-electron chi connectivity index (χ3n) is 9.79. The van der Waals surface area contributed by atoms with Crippen molar-refractivity contribution in [2.45, 2.75) is 0 Å². The molecular formula is C49H31N5O. The highest BCUT2D eigenvalue weighted by Crippen LogP contribution is 2.37. The van der Waals surface area contributed by atoms with Crippen LogP contribution in [0.2, 0.25) is 0 Å². The molecular weight excluding hydrogens is 675 g/mol. The van der Waals surface area contributed by atoms with Gasteiger partial charge in [-0.25, -0.2) is 24.9 Å². The lowest BCUT2D eigenvalue weighted by molar-refractivity contribution is 0.653. The highest BCUT2D eigenvalue weighted by atomic mass is 16.3. The maximum atomic E-state index is 6.45. The van der Waals surface area contributed by atoms with Crippen LogP contribution in [-0.2, 0) is 0 Å². The molecule has 0 aliphatic heterocycles. The number of hydrogen-bond acceptors (Lipinski definition) is 6. The van der Waals surface area contributed by atoms with Crippen LogP contribution in [0.4, 0.5) is 0 Å². The zero-order valence-electron chi connectivity index (χ0n) is 29.5. The van der Waals surface area contributed by atoms with Crippen molar-refractivity contribution < 1.29 is 4.42 Å². The minimum Gasteiger partial charge on any atom is -0.434 e. The van der Waals surface area contributed by atoms with Gasteiger partial charge in [-0.2, -0.15) is 0 Å². The molecule has 10 aromatic rings. The second-order valence-corrected chi connectivity index (χ2v) is 13.3. The van der Waals surface area contributed by atoms with Gasteiger partial charge < -0.3 is 4.42 Å². The molecule has 10 rings (SSSR count). The van der Waals surface area contributed by atoms with Crippen molar-refractivity contribution in [3.63, 3.8) is 0 Å². The quantitative estimate of drug-likeness (QED) is 0.164. The molecule has 6 heteroatoms. The maximum Gasteiger partial charge on any atom is 0.229 e. The fourth-order valence-corrected chi connectivity index (χ4v) is 6.98. The molecule has 0 aliphatic rings. The number of nitrogens with zero attached hydrogens (tertiary/aromatic N) is 5. The number of fused-ring (bicyclic) bond motifs is 3. The number of benzene rings is 6. The Morgan fingerprint density at radius 2 is 0.855 bits per heavy atom. The largest absolute Gasteiger partial charge is 0.434 e. The lowest BCUT2D eigenvalue weighted by Crippen LogP contribution is -1.96. The van der Waals surface area contributed by atoms with Crippen molar-refractivity contribution in [2.24, 2.45) is 0 Å². The third-order valence-corrected chi connectivity index (χ3v) is 9.79. The van der Waals surface area contributed by atoms with E-state index in [2.05, 4.69) is 97.1 Å². The predicted octanol–water partition coefficient (Wildman–Crippen LogP) is 12.2. The molecule has 0 N–H and O–H groups in total. The summed E-state index contributed by atoms with van der Waals surface area (Å²) in [5.74, 6) is 1.28. The molecule has 0 spiro atoms. The third kappa shape index (κ3) is 6.22. The molecule has 0 unspecified atom stereocenters. The van der Waals surface area contributed by atoms with Gasteiger partial charge in [0.25, 0.3) is 0 Å². The maximum absolute atomic E-state index is 6.45. The molecule has 0 bridgehead atoms. The fourth-order valence-electron chi connectivity index (χ4n) is 6.98. The molecule has 0 radical (unpaired) electrons. The zero-order valence-corrected chi connectivity index (χ0v) is 29.5. The van der Waals surface area contributed by atoms with E-state index in [1.54, 1.807) is 0 Å². The summed E-state index contributed by atoms with van der Waals surface area (Å²) in [4.78, 5) is 25.0. The van der Waals surface area contributed by atoms with E-state index in [1.165, 1.54) is 0 Å². The van der Waals surface area contributed by atoms with Gasteiger partial charge in [-0.1, -0.05) is 164 Å². The minimum absolute atomic E-state index is 0.519. The average molecular weight is 706 g/mol. The predicted molar refractivity (Wildman–Crippen MR) is 221 cm³/mol. The van der Waals surface area contributed by atoms with Crippen molar-refractivity contribution in [2.75, 3.05) is 0 Å². The monoisotopic (exact) mass is 705 g/mol. The van der Waals surface area contributed by atoms with Crippen LogP contribution >= 0.6 is 0 Å². The number of pyridine rings is 1. The Balaban J connectivity index is 1.10.